The highest BCUT2D eigenvalue weighted by molar-refractivity contribution is 7.98. The van der Waals surface area contributed by atoms with E-state index in [9.17, 15) is 23.7 Å². The lowest BCUT2D eigenvalue weighted by atomic mass is 10.2. The summed E-state index contributed by atoms with van der Waals surface area (Å²) < 4.78 is 32.6. The van der Waals surface area contributed by atoms with Gasteiger partial charge in [0.15, 0.2) is 0 Å². The molecule has 0 aliphatic heterocycles. The Morgan fingerprint density at radius 1 is 1.06 bits per heavy atom. The van der Waals surface area contributed by atoms with Crippen LogP contribution in [-0.4, -0.2) is 29.8 Å². The van der Waals surface area contributed by atoms with E-state index >= 15 is 0 Å². The molecule has 3 aromatic carbocycles. The summed E-state index contributed by atoms with van der Waals surface area (Å²) in [6.07, 6.45) is 0. The minimum absolute atomic E-state index is 0.0226. The van der Waals surface area contributed by atoms with E-state index in [1.54, 1.807) is 44.4 Å². The summed E-state index contributed by atoms with van der Waals surface area (Å²) >= 11 is 1.14. The van der Waals surface area contributed by atoms with Crippen LogP contribution >= 0.6 is 11.8 Å². The monoisotopic (exact) mass is 444 g/mol. The first-order valence-electron chi connectivity index (χ1n) is 9.09. The van der Waals surface area contributed by atoms with E-state index in [1.807, 2.05) is 0 Å². The van der Waals surface area contributed by atoms with Crippen molar-refractivity contribution in [2.24, 2.45) is 0 Å². The van der Waals surface area contributed by atoms with Gasteiger partial charge in [-0.05, 0) is 48.0 Å². The van der Waals surface area contributed by atoms with Crippen LogP contribution in [0.2, 0.25) is 0 Å². The number of amides is 1. The molecule has 31 heavy (non-hydrogen) atoms. The van der Waals surface area contributed by atoms with Gasteiger partial charge in [0.2, 0.25) is 5.75 Å². The molecule has 0 aliphatic rings. The van der Waals surface area contributed by atoms with Gasteiger partial charge in [0.25, 0.3) is 5.91 Å². The number of nitrogens with zero attached hydrogens (tertiary/aromatic N) is 2. The summed E-state index contributed by atoms with van der Waals surface area (Å²) in [6.45, 7) is 0. The van der Waals surface area contributed by atoms with Crippen molar-refractivity contribution >= 4 is 23.4 Å². The van der Waals surface area contributed by atoms with Gasteiger partial charge >= 0.3 is 5.69 Å². The van der Waals surface area contributed by atoms with Gasteiger partial charge in [-0.2, -0.15) is 0 Å². The molecule has 9 heteroatoms. The van der Waals surface area contributed by atoms with E-state index in [0.29, 0.717) is 22.6 Å². The smallest absolute Gasteiger partial charge is 0.311 e. The Morgan fingerprint density at radius 2 is 1.77 bits per heavy atom. The number of hydrogen-bond donors (Lipinski definition) is 0. The normalized spacial score (nSPS) is 10.6. The van der Waals surface area contributed by atoms with Crippen LogP contribution in [-0.2, 0) is 5.75 Å². The minimum atomic E-state index is -0.671. The number of thioether (sulfide) groups is 1. The molecule has 3 rings (SSSR count). The third kappa shape index (κ3) is 5.58. The summed E-state index contributed by atoms with van der Waals surface area (Å²) in [4.78, 5) is 24.5. The van der Waals surface area contributed by atoms with Crippen LogP contribution in [0, 0.1) is 21.7 Å². The highest BCUT2D eigenvalue weighted by Gasteiger charge is 2.17. The number of nitro groups is 1. The summed E-state index contributed by atoms with van der Waals surface area (Å²) in [7, 11) is 3.27. The van der Waals surface area contributed by atoms with Crippen LogP contribution in [0.15, 0.2) is 65.6 Å². The van der Waals surface area contributed by atoms with Crippen molar-refractivity contribution in [2.75, 3.05) is 14.1 Å². The molecule has 0 unspecified atom stereocenters. The number of ether oxygens (including phenoxy) is 1. The highest BCUT2D eigenvalue weighted by Crippen LogP contribution is 2.34. The molecule has 0 spiro atoms. The van der Waals surface area contributed by atoms with Crippen molar-refractivity contribution in [3.8, 4) is 11.5 Å². The van der Waals surface area contributed by atoms with Crippen molar-refractivity contribution < 1.29 is 23.2 Å². The Bertz CT molecular complexity index is 1120. The standard InChI is InChI=1S/C22H18F2N2O4S/c1-25(2)22(27)15-4-7-17(8-5-15)30-20-11-14(3-9-19(20)26(28)29)13-31-21-10-6-16(23)12-18(21)24/h3-12H,13H2,1-2H3. The molecule has 0 saturated carbocycles. The van der Waals surface area contributed by atoms with E-state index in [2.05, 4.69) is 0 Å². The molecule has 1 amide bonds. The first-order valence-corrected chi connectivity index (χ1v) is 10.1. The van der Waals surface area contributed by atoms with Gasteiger partial charge < -0.3 is 9.64 Å². The number of carbonyl (C=O) groups excluding carboxylic acids is 1. The van der Waals surface area contributed by atoms with Crippen molar-refractivity contribution in [2.45, 2.75) is 10.6 Å². The summed E-state index contributed by atoms with van der Waals surface area (Å²) in [5.74, 6) is -0.860. The van der Waals surface area contributed by atoms with Crippen LogP contribution in [0.1, 0.15) is 15.9 Å². The molecule has 0 fully saturated rings. The van der Waals surface area contributed by atoms with Crippen molar-refractivity contribution in [1.29, 1.82) is 0 Å². The number of halogens is 2. The SMILES string of the molecule is CN(C)C(=O)c1ccc(Oc2cc(CSc3ccc(F)cc3F)ccc2[N+](=O)[O-])cc1. The fraction of sp³-hybridized carbons (Fsp3) is 0.136. The Morgan fingerprint density at radius 3 is 2.39 bits per heavy atom. The number of hydrogen-bond acceptors (Lipinski definition) is 5. The highest BCUT2D eigenvalue weighted by atomic mass is 32.2. The molecular weight excluding hydrogens is 426 g/mol. The third-order valence-electron chi connectivity index (χ3n) is 4.24. The molecule has 0 saturated heterocycles. The summed E-state index contributed by atoms with van der Waals surface area (Å²) in [5.41, 5.74) is 0.891. The quantitative estimate of drug-likeness (QED) is 0.267. The van der Waals surface area contributed by atoms with Crippen LogP contribution in [0.4, 0.5) is 14.5 Å². The zero-order chi connectivity index (χ0) is 22.5. The second-order valence-electron chi connectivity index (χ2n) is 6.75. The van der Waals surface area contributed by atoms with Crippen molar-refractivity contribution in [1.82, 2.24) is 4.90 Å². The lowest BCUT2D eigenvalue weighted by Crippen LogP contribution is -2.21. The van der Waals surface area contributed by atoms with E-state index in [1.165, 1.54) is 29.2 Å². The van der Waals surface area contributed by atoms with Crippen molar-refractivity contribution in [3.05, 3.63) is 93.5 Å². The molecule has 0 aromatic heterocycles. The van der Waals surface area contributed by atoms with Gasteiger partial charge in [-0.1, -0.05) is 6.07 Å². The van der Waals surface area contributed by atoms with Crippen LogP contribution in [0.3, 0.4) is 0 Å². The van der Waals surface area contributed by atoms with Crippen LogP contribution < -0.4 is 4.74 Å². The lowest BCUT2D eigenvalue weighted by Gasteiger charge is -2.11. The Balaban J connectivity index is 1.80. The average Bonchev–Trinajstić information content (AvgIpc) is 2.73. The number of nitro benzene ring substituents is 1. The van der Waals surface area contributed by atoms with Gasteiger partial charge in [0.1, 0.15) is 17.4 Å². The fourth-order valence-corrected chi connectivity index (χ4v) is 3.55. The predicted octanol–water partition coefficient (Wildman–Crippen LogP) is 5.66. The van der Waals surface area contributed by atoms with E-state index in [0.717, 1.165) is 17.8 Å². The average molecular weight is 444 g/mol. The van der Waals surface area contributed by atoms with Crippen molar-refractivity contribution in [3.63, 3.8) is 0 Å². The number of benzene rings is 3. The van der Waals surface area contributed by atoms with E-state index < -0.39 is 16.6 Å². The summed E-state index contributed by atoms with van der Waals surface area (Å²) in [6, 6.07) is 13.9. The first-order chi connectivity index (χ1) is 14.7. The Hall–Kier alpha value is -3.46. The Labute approximate surface area is 181 Å². The second kappa shape index (κ2) is 9.57. The molecule has 0 atom stereocenters. The molecular formula is C22H18F2N2O4S. The second-order valence-corrected chi connectivity index (χ2v) is 7.77. The maximum atomic E-state index is 13.8. The fourth-order valence-electron chi connectivity index (χ4n) is 2.68. The first kappa shape index (κ1) is 22.2. The predicted molar refractivity (Wildman–Crippen MR) is 114 cm³/mol. The molecule has 6 nitrogen and oxygen atoms in total. The maximum Gasteiger partial charge on any atom is 0.311 e. The third-order valence-corrected chi connectivity index (χ3v) is 5.36. The maximum absolute atomic E-state index is 13.8. The number of rotatable bonds is 7. The molecule has 0 bridgehead atoms. The molecule has 3 aromatic rings. The molecule has 160 valence electrons. The van der Waals surface area contributed by atoms with E-state index in [-0.39, 0.29) is 22.2 Å². The summed E-state index contributed by atoms with van der Waals surface area (Å²) in [5, 5.41) is 11.4. The van der Waals surface area contributed by atoms with E-state index in [4.69, 9.17) is 4.74 Å². The van der Waals surface area contributed by atoms with Gasteiger partial charge in [0, 0.05) is 42.4 Å². The van der Waals surface area contributed by atoms with Gasteiger partial charge in [-0.15, -0.1) is 11.8 Å². The van der Waals surface area contributed by atoms with Crippen LogP contribution in [0.25, 0.3) is 0 Å². The van der Waals surface area contributed by atoms with Gasteiger partial charge in [-0.3, -0.25) is 14.9 Å². The minimum Gasteiger partial charge on any atom is -0.450 e. The largest absolute Gasteiger partial charge is 0.450 e. The van der Waals surface area contributed by atoms with Gasteiger partial charge in [-0.25, -0.2) is 8.78 Å². The zero-order valence-electron chi connectivity index (χ0n) is 16.7. The topological polar surface area (TPSA) is 72.7 Å². The molecule has 0 N–H and O–H groups in total. The number of carbonyl (C=O) groups is 1. The molecule has 0 aliphatic carbocycles. The molecule has 0 heterocycles. The zero-order valence-corrected chi connectivity index (χ0v) is 17.5. The van der Waals surface area contributed by atoms with Gasteiger partial charge in [0.05, 0.1) is 4.92 Å². The lowest BCUT2D eigenvalue weighted by molar-refractivity contribution is -0.385. The Kier molecular flexibility index (Phi) is 6.86. The molecule has 0 radical (unpaired) electrons. The van der Waals surface area contributed by atoms with Crippen LogP contribution in [0.5, 0.6) is 11.5 Å².